The molecule has 0 atom stereocenters. The second-order valence-electron chi connectivity index (χ2n) is 8.41. The van der Waals surface area contributed by atoms with Crippen LogP contribution in [0.1, 0.15) is 11.1 Å². The van der Waals surface area contributed by atoms with Crippen molar-refractivity contribution in [3.63, 3.8) is 0 Å². The summed E-state index contributed by atoms with van der Waals surface area (Å²) in [5, 5.41) is 6.36. The summed E-state index contributed by atoms with van der Waals surface area (Å²) in [6.45, 7) is 7.88. The van der Waals surface area contributed by atoms with Gasteiger partial charge in [0, 0.05) is 16.0 Å². The van der Waals surface area contributed by atoms with Crippen molar-refractivity contribution in [2.75, 3.05) is 13.7 Å². The van der Waals surface area contributed by atoms with Gasteiger partial charge in [-0.25, -0.2) is 4.98 Å². The van der Waals surface area contributed by atoms with Crippen LogP contribution in [0.5, 0.6) is 11.5 Å². The SMILES string of the molecule is C=CCOc1c(CC=C)cc(C=Nn2c(-c3cc4cc(Cl)ccc4o3)nc3ccccc3c2=O)cc1OC. The van der Waals surface area contributed by atoms with Crippen LogP contribution in [0.3, 0.4) is 0 Å². The summed E-state index contributed by atoms with van der Waals surface area (Å²) in [5.74, 6) is 1.79. The molecule has 5 rings (SSSR count). The highest BCUT2D eigenvalue weighted by molar-refractivity contribution is 6.31. The average Bonchev–Trinajstić information content (AvgIpc) is 3.35. The van der Waals surface area contributed by atoms with E-state index < -0.39 is 0 Å². The molecule has 0 fully saturated rings. The van der Waals surface area contributed by atoms with E-state index in [0.717, 1.165) is 10.9 Å². The molecule has 0 saturated heterocycles. The Labute approximate surface area is 223 Å². The lowest BCUT2D eigenvalue weighted by molar-refractivity contribution is 0.323. The summed E-state index contributed by atoms with van der Waals surface area (Å²) >= 11 is 6.16. The molecule has 5 aromatic rings. The van der Waals surface area contributed by atoms with E-state index in [0.29, 0.717) is 57.4 Å². The number of aromatic nitrogens is 2. The molecule has 0 radical (unpaired) electrons. The van der Waals surface area contributed by atoms with Gasteiger partial charge in [0.05, 0.1) is 24.2 Å². The number of benzene rings is 3. The Hall–Kier alpha value is -4.62. The van der Waals surface area contributed by atoms with E-state index in [4.69, 9.17) is 30.5 Å². The molecule has 0 N–H and O–H groups in total. The minimum Gasteiger partial charge on any atom is -0.493 e. The molecule has 3 aromatic carbocycles. The standard InChI is InChI=1S/C30H24ClN3O4/c1-4-8-20-14-19(15-26(36-3)28(20)37-13-5-2)18-32-34-29(33-24-10-7-6-9-23(24)30(34)35)27-17-21-16-22(31)11-12-25(21)38-27/h4-7,9-12,14-18H,1-2,8,13H2,3H3. The third-order valence-electron chi connectivity index (χ3n) is 5.86. The molecular formula is C30H24ClN3O4. The third kappa shape index (κ3) is 4.84. The average molecular weight is 526 g/mol. The number of methoxy groups -OCH3 is 1. The fourth-order valence-corrected chi connectivity index (χ4v) is 4.34. The van der Waals surface area contributed by atoms with Crippen LogP contribution in [0.15, 0.2) is 100 Å². The van der Waals surface area contributed by atoms with E-state index in [1.54, 1.807) is 74.0 Å². The van der Waals surface area contributed by atoms with E-state index in [1.807, 2.05) is 12.1 Å². The van der Waals surface area contributed by atoms with Crippen molar-refractivity contribution in [1.82, 2.24) is 9.66 Å². The summed E-state index contributed by atoms with van der Waals surface area (Å²) in [5.41, 5.74) is 2.39. The van der Waals surface area contributed by atoms with Crippen LogP contribution < -0.4 is 15.0 Å². The van der Waals surface area contributed by atoms with Crippen LogP contribution in [0.2, 0.25) is 5.02 Å². The van der Waals surface area contributed by atoms with Crippen molar-refractivity contribution in [2.45, 2.75) is 6.42 Å². The smallest absolute Gasteiger partial charge is 0.282 e. The number of allylic oxidation sites excluding steroid dienone is 1. The maximum Gasteiger partial charge on any atom is 0.282 e. The van der Waals surface area contributed by atoms with Crippen molar-refractivity contribution in [2.24, 2.45) is 5.10 Å². The summed E-state index contributed by atoms with van der Waals surface area (Å²) in [6.07, 6.45) is 5.57. The quantitative estimate of drug-likeness (QED) is 0.159. The fourth-order valence-electron chi connectivity index (χ4n) is 4.16. The first kappa shape index (κ1) is 25.0. The second kappa shape index (κ2) is 10.8. The van der Waals surface area contributed by atoms with Gasteiger partial charge in [0.1, 0.15) is 12.2 Å². The Kier molecular flexibility index (Phi) is 7.11. The summed E-state index contributed by atoms with van der Waals surface area (Å²) in [4.78, 5) is 18.3. The summed E-state index contributed by atoms with van der Waals surface area (Å²) in [6, 6.07) is 17.9. The molecule has 0 bridgehead atoms. The normalized spacial score (nSPS) is 11.3. The second-order valence-corrected chi connectivity index (χ2v) is 8.85. The largest absolute Gasteiger partial charge is 0.493 e. The lowest BCUT2D eigenvalue weighted by atomic mass is 10.1. The van der Waals surface area contributed by atoms with Crippen molar-refractivity contribution >= 4 is 39.7 Å². The maximum absolute atomic E-state index is 13.6. The highest BCUT2D eigenvalue weighted by Gasteiger charge is 2.17. The molecule has 2 aromatic heterocycles. The number of hydrogen-bond acceptors (Lipinski definition) is 6. The van der Waals surface area contributed by atoms with E-state index in [-0.39, 0.29) is 11.4 Å². The first-order valence-electron chi connectivity index (χ1n) is 11.8. The molecule has 38 heavy (non-hydrogen) atoms. The van der Waals surface area contributed by atoms with Crippen molar-refractivity contribution < 1.29 is 13.9 Å². The number of halogens is 1. The van der Waals surface area contributed by atoms with E-state index >= 15 is 0 Å². The van der Waals surface area contributed by atoms with Gasteiger partial charge in [-0.05, 0) is 60.5 Å². The minimum atomic E-state index is -0.329. The Balaban J connectivity index is 1.67. The topological polar surface area (TPSA) is 78.9 Å². The molecule has 0 aliphatic carbocycles. The predicted octanol–water partition coefficient (Wildman–Crippen LogP) is 6.65. The molecular weight excluding hydrogens is 502 g/mol. The van der Waals surface area contributed by atoms with Gasteiger partial charge in [0.2, 0.25) is 5.82 Å². The summed E-state index contributed by atoms with van der Waals surface area (Å²) in [7, 11) is 1.57. The molecule has 0 spiro atoms. The van der Waals surface area contributed by atoms with Crippen LogP contribution in [-0.2, 0) is 6.42 Å². The molecule has 0 saturated carbocycles. The van der Waals surface area contributed by atoms with Gasteiger partial charge in [-0.2, -0.15) is 9.78 Å². The van der Waals surface area contributed by atoms with Gasteiger partial charge in [0.25, 0.3) is 5.56 Å². The zero-order chi connectivity index (χ0) is 26.6. The third-order valence-corrected chi connectivity index (χ3v) is 6.09. The van der Waals surface area contributed by atoms with Gasteiger partial charge in [0.15, 0.2) is 17.3 Å². The van der Waals surface area contributed by atoms with E-state index in [1.165, 1.54) is 4.68 Å². The number of hydrogen-bond donors (Lipinski definition) is 0. The van der Waals surface area contributed by atoms with E-state index in [2.05, 4.69) is 18.3 Å². The van der Waals surface area contributed by atoms with Crippen molar-refractivity contribution in [1.29, 1.82) is 0 Å². The van der Waals surface area contributed by atoms with Gasteiger partial charge >= 0.3 is 0 Å². The molecule has 190 valence electrons. The zero-order valence-electron chi connectivity index (χ0n) is 20.7. The number of furan rings is 1. The molecule has 0 unspecified atom stereocenters. The maximum atomic E-state index is 13.6. The highest BCUT2D eigenvalue weighted by atomic mass is 35.5. The highest BCUT2D eigenvalue weighted by Crippen LogP contribution is 2.33. The van der Waals surface area contributed by atoms with Crippen LogP contribution in [0.4, 0.5) is 0 Å². The molecule has 0 amide bonds. The lowest BCUT2D eigenvalue weighted by Crippen LogP contribution is -2.20. The van der Waals surface area contributed by atoms with Crippen LogP contribution >= 0.6 is 11.6 Å². The van der Waals surface area contributed by atoms with Gasteiger partial charge in [-0.1, -0.05) is 42.5 Å². The first-order chi connectivity index (χ1) is 18.5. The van der Waals surface area contributed by atoms with Gasteiger partial charge < -0.3 is 13.9 Å². The predicted molar refractivity (Wildman–Crippen MR) is 152 cm³/mol. The molecule has 0 aliphatic heterocycles. The zero-order valence-corrected chi connectivity index (χ0v) is 21.4. The Bertz CT molecular complexity index is 1770. The monoisotopic (exact) mass is 525 g/mol. The number of ether oxygens (including phenoxy) is 2. The van der Waals surface area contributed by atoms with Gasteiger partial charge in [-0.15, -0.1) is 6.58 Å². The Morgan fingerprint density at radius 2 is 1.95 bits per heavy atom. The molecule has 7 nitrogen and oxygen atoms in total. The number of rotatable bonds is 9. The first-order valence-corrected chi connectivity index (χ1v) is 12.2. The van der Waals surface area contributed by atoms with Gasteiger partial charge in [-0.3, -0.25) is 4.79 Å². The van der Waals surface area contributed by atoms with Crippen molar-refractivity contribution in [3.8, 4) is 23.1 Å². The fraction of sp³-hybridized carbons (Fsp3) is 0.100. The Morgan fingerprint density at radius 1 is 1.11 bits per heavy atom. The molecule has 0 aliphatic rings. The number of para-hydroxylation sites is 1. The lowest BCUT2D eigenvalue weighted by Gasteiger charge is -2.14. The van der Waals surface area contributed by atoms with E-state index in [9.17, 15) is 4.79 Å². The minimum absolute atomic E-state index is 0.265. The Morgan fingerprint density at radius 3 is 2.74 bits per heavy atom. The summed E-state index contributed by atoms with van der Waals surface area (Å²) < 4.78 is 18.7. The number of fused-ring (bicyclic) bond motifs is 2. The van der Waals surface area contributed by atoms with Crippen LogP contribution in [-0.4, -0.2) is 29.6 Å². The van der Waals surface area contributed by atoms with Crippen LogP contribution in [0, 0.1) is 0 Å². The molecule has 2 heterocycles. The number of nitrogens with zero attached hydrogens (tertiary/aromatic N) is 3. The molecule has 8 heteroatoms. The van der Waals surface area contributed by atoms with Crippen molar-refractivity contribution in [3.05, 3.63) is 112 Å². The van der Waals surface area contributed by atoms with Crippen LogP contribution in [0.25, 0.3) is 33.5 Å².